The number of ether oxygens (including phenoxy) is 2. The van der Waals surface area contributed by atoms with Gasteiger partial charge in [-0.2, -0.15) is 0 Å². The summed E-state index contributed by atoms with van der Waals surface area (Å²) in [5.74, 6) is 1.59. The minimum atomic E-state index is 0.619. The van der Waals surface area contributed by atoms with E-state index in [1.54, 1.807) is 13.4 Å². The van der Waals surface area contributed by atoms with Crippen molar-refractivity contribution in [2.24, 2.45) is 0 Å². The topological polar surface area (TPSA) is 63.3 Å². The van der Waals surface area contributed by atoms with E-state index in [2.05, 4.69) is 38.1 Å². The zero-order valence-corrected chi connectivity index (χ0v) is 16.3. The van der Waals surface area contributed by atoms with Crippen molar-refractivity contribution in [3.63, 3.8) is 0 Å². The number of benzene rings is 2. The predicted octanol–water partition coefficient (Wildman–Crippen LogP) is 4.03. The molecule has 0 amide bonds. The summed E-state index contributed by atoms with van der Waals surface area (Å²) in [7, 11) is 1.69. The van der Waals surface area contributed by atoms with Crippen molar-refractivity contribution in [3.8, 4) is 22.6 Å². The van der Waals surface area contributed by atoms with Gasteiger partial charge in [-0.1, -0.05) is 18.2 Å². The summed E-state index contributed by atoms with van der Waals surface area (Å²) in [4.78, 5) is 14.3. The van der Waals surface area contributed by atoms with Gasteiger partial charge in [0.15, 0.2) is 11.5 Å². The molecule has 1 aliphatic rings. The SMILES string of the molecule is COc1cc(-c2cnc3ccccc3c2)cc2c1OCCN(Cc1cnc[nH]1)C2. The fourth-order valence-corrected chi connectivity index (χ4v) is 3.83. The van der Waals surface area contributed by atoms with Crippen molar-refractivity contribution in [1.29, 1.82) is 0 Å². The quantitative estimate of drug-likeness (QED) is 0.574. The Morgan fingerprint density at radius 2 is 2.07 bits per heavy atom. The lowest BCUT2D eigenvalue weighted by atomic mass is 10.0. The van der Waals surface area contributed by atoms with E-state index in [9.17, 15) is 0 Å². The number of imidazole rings is 1. The third-order valence-corrected chi connectivity index (χ3v) is 5.27. The molecule has 6 heteroatoms. The molecule has 0 saturated carbocycles. The summed E-state index contributed by atoms with van der Waals surface area (Å²) >= 11 is 0. The lowest BCUT2D eigenvalue weighted by molar-refractivity contribution is 0.215. The Balaban J connectivity index is 1.53. The van der Waals surface area contributed by atoms with E-state index < -0.39 is 0 Å². The van der Waals surface area contributed by atoms with E-state index in [1.807, 2.05) is 36.7 Å². The largest absolute Gasteiger partial charge is 0.493 e. The number of methoxy groups -OCH3 is 1. The maximum Gasteiger partial charge on any atom is 0.165 e. The lowest BCUT2D eigenvalue weighted by Crippen LogP contribution is -2.25. The maximum atomic E-state index is 6.07. The number of aromatic nitrogens is 3. The van der Waals surface area contributed by atoms with Crippen LogP contribution in [-0.2, 0) is 13.1 Å². The molecule has 5 rings (SSSR count). The summed E-state index contributed by atoms with van der Waals surface area (Å²) in [5, 5.41) is 1.12. The molecule has 0 atom stereocenters. The van der Waals surface area contributed by atoms with Gasteiger partial charge in [0.25, 0.3) is 0 Å². The van der Waals surface area contributed by atoms with Crippen LogP contribution in [0.15, 0.2) is 61.2 Å². The van der Waals surface area contributed by atoms with Gasteiger partial charge in [0.1, 0.15) is 6.61 Å². The average Bonchev–Trinajstić information content (AvgIpc) is 3.18. The Labute approximate surface area is 169 Å². The van der Waals surface area contributed by atoms with E-state index in [-0.39, 0.29) is 0 Å². The van der Waals surface area contributed by atoms with E-state index in [0.29, 0.717) is 6.61 Å². The molecule has 0 bridgehead atoms. The van der Waals surface area contributed by atoms with Crippen LogP contribution in [0.5, 0.6) is 11.5 Å². The predicted molar refractivity (Wildman–Crippen MR) is 112 cm³/mol. The zero-order valence-electron chi connectivity index (χ0n) is 16.3. The van der Waals surface area contributed by atoms with Gasteiger partial charge in [-0.3, -0.25) is 9.88 Å². The van der Waals surface area contributed by atoms with Crippen LogP contribution in [0.1, 0.15) is 11.3 Å². The first-order valence-electron chi connectivity index (χ1n) is 9.68. The van der Waals surface area contributed by atoms with E-state index in [4.69, 9.17) is 9.47 Å². The van der Waals surface area contributed by atoms with Crippen LogP contribution in [0.2, 0.25) is 0 Å². The molecule has 0 aliphatic carbocycles. The number of nitrogens with one attached hydrogen (secondary N) is 1. The third-order valence-electron chi connectivity index (χ3n) is 5.27. The molecule has 0 saturated heterocycles. The molecule has 3 heterocycles. The smallest absolute Gasteiger partial charge is 0.165 e. The Kier molecular flexibility index (Phi) is 4.62. The number of aromatic amines is 1. The van der Waals surface area contributed by atoms with Crippen molar-refractivity contribution < 1.29 is 9.47 Å². The van der Waals surface area contributed by atoms with Gasteiger partial charge >= 0.3 is 0 Å². The highest BCUT2D eigenvalue weighted by Crippen LogP contribution is 2.38. The molecular weight excluding hydrogens is 364 g/mol. The van der Waals surface area contributed by atoms with Gasteiger partial charge in [-0.15, -0.1) is 0 Å². The zero-order chi connectivity index (χ0) is 19.6. The number of para-hydroxylation sites is 1. The number of hydrogen-bond acceptors (Lipinski definition) is 5. The van der Waals surface area contributed by atoms with Gasteiger partial charge in [-0.05, 0) is 29.8 Å². The van der Waals surface area contributed by atoms with Gasteiger partial charge in [0.2, 0.25) is 0 Å². The van der Waals surface area contributed by atoms with Crippen molar-refractivity contribution in [1.82, 2.24) is 19.9 Å². The fourth-order valence-electron chi connectivity index (χ4n) is 3.83. The van der Waals surface area contributed by atoms with Crippen LogP contribution in [0.4, 0.5) is 0 Å². The Hall–Kier alpha value is -3.38. The van der Waals surface area contributed by atoms with E-state index in [0.717, 1.165) is 64.4 Å². The number of rotatable bonds is 4. The number of fused-ring (bicyclic) bond motifs is 2. The Morgan fingerprint density at radius 1 is 1.14 bits per heavy atom. The second kappa shape index (κ2) is 7.56. The van der Waals surface area contributed by atoms with E-state index >= 15 is 0 Å². The van der Waals surface area contributed by atoms with Crippen molar-refractivity contribution in [3.05, 3.63) is 72.4 Å². The summed E-state index contributed by atoms with van der Waals surface area (Å²) in [6.45, 7) is 3.03. The maximum absolute atomic E-state index is 6.07. The van der Waals surface area contributed by atoms with Crippen LogP contribution in [-0.4, -0.2) is 40.1 Å². The van der Waals surface area contributed by atoms with Crippen LogP contribution in [0.3, 0.4) is 0 Å². The third kappa shape index (κ3) is 3.54. The van der Waals surface area contributed by atoms with Crippen LogP contribution < -0.4 is 9.47 Å². The van der Waals surface area contributed by atoms with Crippen molar-refractivity contribution in [2.45, 2.75) is 13.1 Å². The van der Waals surface area contributed by atoms with Gasteiger partial charge in [0.05, 0.1) is 19.0 Å². The highest BCUT2D eigenvalue weighted by molar-refractivity contribution is 5.84. The molecule has 1 aliphatic heterocycles. The summed E-state index contributed by atoms with van der Waals surface area (Å²) in [5.41, 5.74) is 5.34. The Morgan fingerprint density at radius 3 is 2.93 bits per heavy atom. The average molecular weight is 386 g/mol. The molecule has 1 N–H and O–H groups in total. The molecule has 0 radical (unpaired) electrons. The van der Waals surface area contributed by atoms with Gasteiger partial charge in [-0.25, -0.2) is 4.98 Å². The van der Waals surface area contributed by atoms with Crippen molar-refractivity contribution >= 4 is 10.9 Å². The molecule has 6 nitrogen and oxygen atoms in total. The number of pyridine rings is 1. The summed E-state index contributed by atoms with van der Waals surface area (Å²) in [6, 6.07) is 14.5. The monoisotopic (exact) mass is 386 g/mol. The standard InChI is InChI=1S/C23H22N4O2/c1-28-22-10-17(18-8-16-4-2-3-5-21(16)25-11-18)9-19-13-27(6-7-29-23(19)22)14-20-12-24-15-26-20/h2-5,8-12,15H,6-7,13-14H2,1H3,(H,24,26). The van der Waals surface area contributed by atoms with E-state index in [1.165, 1.54) is 0 Å². The molecule has 0 unspecified atom stereocenters. The first-order valence-corrected chi connectivity index (χ1v) is 9.68. The number of nitrogens with zero attached hydrogens (tertiary/aromatic N) is 3. The fraction of sp³-hybridized carbons (Fsp3) is 0.217. The molecular formula is C23H22N4O2. The minimum absolute atomic E-state index is 0.619. The van der Waals surface area contributed by atoms with Gasteiger partial charge < -0.3 is 14.5 Å². The summed E-state index contributed by atoms with van der Waals surface area (Å²) in [6.07, 6.45) is 5.50. The van der Waals surface area contributed by atoms with Crippen molar-refractivity contribution in [2.75, 3.05) is 20.3 Å². The second-order valence-corrected chi connectivity index (χ2v) is 7.22. The summed E-state index contributed by atoms with van der Waals surface area (Å²) < 4.78 is 11.8. The molecule has 0 fully saturated rings. The molecule has 2 aromatic carbocycles. The number of hydrogen-bond donors (Lipinski definition) is 1. The van der Waals surface area contributed by atoms with Gasteiger partial charge in [0, 0.05) is 54.2 Å². The minimum Gasteiger partial charge on any atom is -0.493 e. The van der Waals surface area contributed by atoms with Crippen LogP contribution >= 0.6 is 0 Å². The molecule has 29 heavy (non-hydrogen) atoms. The van der Waals surface area contributed by atoms with Crippen LogP contribution in [0, 0.1) is 0 Å². The molecule has 4 aromatic rings. The highest BCUT2D eigenvalue weighted by atomic mass is 16.5. The molecule has 146 valence electrons. The Bertz CT molecular complexity index is 1140. The first-order chi connectivity index (χ1) is 14.3. The second-order valence-electron chi connectivity index (χ2n) is 7.22. The molecule has 0 spiro atoms. The normalized spacial score (nSPS) is 14.2. The number of H-pyrrole nitrogens is 1. The van der Waals surface area contributed by atoms with Crippen LogP contribution in [0.25, 0.3) is 22.0 Å². The highest BCUT2D eigenvalue weighted by Gasteiger charge is 2.21. The first kappa shape index (κ1) is 17.7. The molecule has 2 aromatic heterocycles. The lowest BCUT2D eigenvalue weighted by Gasteiger charge is -2.19.